The number of phenols is 1. The third-order valence-corrected chi connectivity index (χ3v) is 12.7. The number of carbonyl (C=O) groups is 1. The van der Waals surface area contributed by atoms with Crippen molar-refractivity contribution in [2.45, 2.75) is 57.3 Å². The van der Waals surface area contributed by atoms with Gasteiger partial charge in [0.05, 0.1) is 18.2 Å². The van der Waals surface area contributed by atoms with Crippen LogP contribution in [0.5, 0.6) is 11.5 Å². The van der Waals surface area contributed by atoms with E-state index in [0.29, 0.717) is 29.1 Å². The van der Waals surface area contributed by atoms with E-state index in [2.05, 4.69) is 43.5 Å². The van der Waals surface area contributed by atoms with Crippen molar-refractivity contribution in [3.63, 3.8) is 0 Å². The number of likely N-dealkylation sites (tertiary alicyclic amines) is 1. The normalized spacial score (nSPS) is 18.8. The van der Waals surface area contributed by atoms with E-state index in [1.807, 2.05) is 7.05 Å². The first-order chi connectivity index (χ1) is 18.2. The van der Waals surface area contributed by atoms with E-state index in [-0.39, 0.29) is 45.3 Å². The minimum absolute atomic E-state index is 0.0281. The second-order valence-corrected chi connectivity index (χ2v) is 16.8. The molecule has 0 amide bonds. The second-order valence-electron chi connectivity index (χ2n) is 11.6. The molecule has 3 aromatic rings. The van der Waals surface area contributed by atoms with Crippen molar-refractivity contribution in [3.8, 4) is 22.8 Å². The summed E-state index contributed by atoms with van der Waals surface area (Å²) in [7, 11) is 1.00. The molecule has 1 fully saturated rings. The maximum atomic E-state index is 13.6. The zero-order valence-corrected chi connectivity index (χ0v) is 25.2. The Morgan fingerprint density at radius 1 is 1.21 bits per heavy atom. The number of rotatable bonds is 5. The molecule has 0 radical (unpaired) electrons. The molecule has 1 aromatic heterocycles. The highest BCUT2D eigenvalue weighted by molar-refractivity contribution is 6.74. The van der Waals surface area contributed by atoms with Gasteiger partial charge in [-0.05, 0) is 50.3 Å². The summed E-state index contributed by atoms with van der Waals surface area (Å²) < 4.78 is 23.2. The minimum atomic E-state index is -2.20. The van der Waals surface area contributed by atoms with Gasteiger partial charge in [0.1, 0.15) is 22.5 Å². The number of hydrogen-bond acceptors (Lipinski definition) is 8. The summed E-state index contributed by atoms with van der Waals surface area (Å²) in [5, 5.41) is 11.8. The maximum Gasteiger partial charge on any atom is 0.513 e. The first-order valence-electron chi connectivity index (χ1n) is 12.9. The molecule has 0 unspecified atom stereocenters. The predicted octanol–water partition coefficient (Wildman–Crippen LogP) is 6.77. The van der Waals surface area contributed by atoms with Gasteiger partial charge in [-0.1, -0.05) is 44.5 Å². The molecule has 0 aliphatic carbocycles. The van der Waals surface area contributed by atoms with E-state index in [1.54, 1.807) is 24.3 Å². The molecule has 2 atom stereocenters. The van der Waals surface area contributed by atoms with Crippen LogP contribution < -0.4 is 10.2 Å². The Kier molecular flexibility index (Phi) is 8.19. The highest BCUT2D eigenvalue weighted by atomic mass is 35.5. The van der Waals surface area contributed by atoms with Crippen LogP contribution in [0.1, 0.15) is 38.7 Å². The summed E-state index contributed by atoms with van der Waals surface area (Å²) in [6.07, 6.45) is -0.618. The van der Waals surface area contributed by atoms with Crippen LogP contribution in [0.25, 0.3) is 22.3 Å². The number of ether oxygens (including phenoxy) is 2. The van der Waals surface area contributed by atoms with Crippen LogP contribution >= 0.6 is 11.6 Å². The van der Waals surface area contributed by atoms with Gasteiger partial charge in [0.25, 0.3) is 0 Å². The minimum Gasteiger partial charge on any atom is -0.507 e. The standard InChI is InChI=1S/C29H36ClNO7Si/c1-29(2,3)39(6,7)38-24-16-31(4)13-12-18(24)25-20(32)15-23(37-28(34)35-5)26-21(33)14-22(36-27(25)26)17-10-8-9-11-19(17)30/h8-11,14-15,18,24,32H,12-13,16H2,1-7H3/t18-,24+/m0/s1. The quantitative estimate of drug-likeness (QED) is 0.203. The average Bonchev–Trinajstić information content (AvgIpc) is 2.84. The Morgan fingerprint density at radius 3 is 2.54 bits per heavy atom. The van der Waals surface area contributed by atoms with Gasteiger partial charge >= 0.3 is 6.16 Å². The molecule has 2 aromatic carbocycles. The topological polar surface area (TPSA) is 98.4 Å². The van der Waals surface area contributed by atoms with Crippen LogP contribution in [0.4, 0.5) is 4.79 Å². The lowest BCUT2D eigenvalue weighted by molar-refractivity contribution is 0.0710. The molecule has 0 bridgehead atoms. The number of benzene rings is 2. The Labute approximate surface area is 234 Å². The summed E-state index contributed by atoms with van der Waals surface area (Å²) in [4.78, 5) is 27.8. The van der Waals surface area contributed by atoms with E-state index >= 15 is 0 Å². The van der Waals surface area contributed by atoms with Crippen molar-refractivity contribution < 1.29 is 28.2 Å². The van der Waals surface area contributed by atoms with Crippen LogP contribution in [-0.4, -0.2) is 57.8 Å². The van der Waals surface area contributed by atoms with Crippen molar-refractivity contribution in [3.05, 3.63) is 57.2 Å². The van der Waals surface area contributed by atoms with Gasteiger partial charge in [-0.25, -0.2) is 4.79 Å². The molecular formula is C29H36ClNO7Si. The van der Waals surface area contributed by atoms with E-state index < -0.39 is 19.9 Å². The molecule has 0 spiro atoms. The van der Waals surface area contributed by atoms with Crippen LogP contribution in [0.2, 0.25) is 23.2 Å². The van der Waals surface area contributed by atoms with E-state index in [0.717, 1.165) is 13.7 Å². The molecule has 1 aliphatic heterocycles. The SMILES string of the molecule is COC(=O)Oc1cc(O)c([C@H]2CCN(C)C[C@H]2O[Si](C)(C)C(C)(C)C)c2oc(-c3ccccc3Cl)cc(=O)c12. The first-order valence-corrected chi connectivity index (χ1v) is 16.2. The fourth-order valence-electron chi connectivity index (χ4n) is 4.75. The molecular weight excluding hydrogens is 538 g/mol. The fraction of sp³-hybridized carbons (Fsp3) is 0.448. The summed E-state index contributed by atoms with van der Waals surface area (Å²) in [5.74, 6) is -0.343. The monoisotopic (exact) mass is 573 g/mol. The lowest BCUT2D eigenvalue weighted by Crippen LogP contribution is -2.51. The van der Waals surface area contributed by atoms with Crippen LogP contribution in [0.15, 0.2) is 45.6 Å². The number of carbonyl (C=O) groups excluding carboxylic acids is 1. The Bertz CT molecular complexity index is 1450. The van der Waals surface area contributed by atoms with Crippen molar-refractivity contribution in [2.75, 3.05) is 27.2 Å². The van der Waals surface area contributed by atoms with Crippen molar-refractivity contribution >= 4 is 37.0 Å². The smallest absolute Gasteiger partial charge is 0.507 e. The number of phenolic OH excluding ortho intramolecular Hbond substituents is 1. The fourth-order valence-corrected chi connectivity index (χ4v) is 6.33. The number of likely N-dealkylation sites (N-methyl/N-ethyl adjacent to an activating group) is 1. The van der Waals surface area contributed by atoms with Gasteiger partial charge < -0.3 is 28.3 Å². The van der Waals surface area contributed by atoms with Crippen molar-refractivity contribution in [1.29, 1.82) is 0 Å². The Balaban J connectivity index is 1.98. The average molecular weight is 574 g/mol. The highest BCUT2D eigenvalue weighted by Gasteiger charge is 2.43. The highest BCUT2D eigenvalue weighted by Crippen LogP contribution is 2.46. The molecule has 10 heteroatoms. The molecule has 1 N–H and O–H groups in total. The predicted molar refractivity (Wildman–Crippen MR) is 155 cm³/mol. The molecule has 1 aliphatic rings. The van der Waals surface area contributed by atoms with Crippen LogP contribution in [0.3, 0.4) is 0 Å². The largest absolute Gasteiger partial charge is 0.513 e. The molecule has 2 heterocycles. The van der Waals surface area contributed by atoms with E-state index in [1.165, 1.54) is 12.1 Å². The van der Waals surface area contributed by atoms with E-state index in [4.69, 9.17) is 25.2 Å². The Hall–Kier alpha value is -2.85. The molecule has 0 saturated carbocycles. The third-order valence-electron chi connectivity index (χ3n) is 7.87. The molecule has 210 valence electrons. The number of nitrogens with zero attached hydrogens (tertiary/aromatic N) is 1. The zero-order chi connectivity index (χ0) is 28.7. The lowest BCUT2D eigenvalue weighted by atomic mass is 9.85. The second kappa shape index (κ2) is 11.0. The van der Waals surface area contributed by atoms with Gasteiger partial charge in [0.15, 0.2) is 19.5 Å². The first kappa shape index (κ1) is 29.1. The van der Waals surface area contributed by atoms with Gasteiger partial charge in [-0.15, -0.1) is 0 Å². The van der Waals surface area contributed by atoms with Gasteiger partial charge in [-0.2, -0.15) is 0 Å². The van der Waals surface area contributed by atoms with Crippen molar-refractivity contribution in [1.82, 2.24) is 4.90 Å². The summed E-state index contributed by atoms with van der Waals surface area (Å²) in [6.45, 7) is 12.3. The number of methoxy groups -OCH3 is 1. The molecule has 39 heavy (non-hydrogen) atoms. The molecule has 8 nitrogen and oxygen atoms in total. The summed E-state index contributed by atoms with van der Waals surface area (Å²) >= 11 is 6.44. The molecule has 1 saturated heterocycles. The number of fused-ring (bicyclic) bond motifs is 1. The van der Waals surface area contributed by atoms with Crippen molar-refractivity contribution in [2.24, 2.45) is 0 Å². The summed E-state index contributed by atoms with van der Waals surface area (Å²) in [6, 6.07) is 9.62. The van der Waals surface area contributed by atoms with Crippen LogP contribution in [-0.2, 0) is 9.16 Å². The molecule has 4 rings (SSSR count). The number of halogens is 1. The lowest BCUT2D eigenvalue weighted by Gasteiger charge is -2.45. The number of hydrogen-bond donors (Lipinski definition) is 1. The zero-order valence-electron chi connectivity index (χ0n) is 23.5. The van der Waals surface area contributed by atoms with Crippen LogP contribution in [0, 0.1) is 0 Å². The third kappa shape index (κ3) is 5.86. The van der Waals surface area contributed by atoms with Gasteiger partial charge in [-0.3, -0.25) is 4.79 Å². The maximum absolute atomic E-state index is 13.6. The van der Waals surface area contributed by atoms with Gasteiger partial charge in [0, 0.05) is 35.7 Å². The number of aromatic hydroxyl groups is 1. The number of piperidine rings is 1. The van der Waals surface area contributed by atoms with Gasteiger partial charge in [0.2, 0.25) is 0 Å². The van der Waals surface area contributed by atoms with E-state index in [9.17, 15) is 14.7 Å². The summed E-state index contributed by atoms with van der Waals surface area (Å²) in [5.41, 5.74) is 0.668. The Morgan fingerprint density at radius 2 is 1.90 bits per heavy atom.